The minimum absolute atomic E-state index is 0.0628. The molecule has 3 aromatic heterocycles. The van der Waals surface area contributed by atoms with Gasteiger partial charge < -0.3 is 0 Å². The predicted octanol–water partition coefficient (Wildman–Crippen LogP) is 2.73. The molecule has 0 saturated heterocycles. The van der Waals surface area contributed by atoms with E-state index in [0.29, 0.717) is 24.3 Å². The maximum atomic E-state index is 12.9. The second-order valence-electron chi connectivity index (χ2n) is 6.99. The first-order valence-corrected chi connectivity index (χ1v) is 9.50. The lowest BCUT2D eigenvalue weighted by atomic mass is 9.99. The third kappa shape index (κ3) is 4.72. The summed E-state index contributed by atoms with van der Waals surface area (Å²) >= 11 is 0. The number of ketones is 2. The van der Waals surface area contributed by atoms with E-state index in [9.17, 15) is 9.59 Å². The number of benzene rings is 1. The summed E-state index contributed by atoms with van der Waals surface area (Å²) in [4.78, 5) is 33.5. The molecule has 8 heteroatoms. The first-order chi connectivity index (χ1) is 14.6. The molecule has 0 amide bonds. The molecule has 30 heavy (non-hydrogen) atoms. The normalized spacial score (nSPS) is 10.8. The van der Waals surface area contributed by atoms with Crippen molar-refractivity contribution < 1.29 is 9.59 Å². The molecule has 0 spiro atoms. The summed E-state index contributed by atoms with van der Waals surface area (Å²) in [5.41, 5.74) is 3.00. The molecule has 0 unspecified atom stereocenters. The molecule has 8 nitrogen and oxygen atoms in total. The summed E-state index contributed by atoms with van der Waals surface area (Å²) in [6, 6.07) is 11.0. The Hall–Kier alpha value is -3.94. The van der Waals surface area contributed by atoms with Crippen molar-refractivity contribution in [1.29, 1.82) is 0 Å². The highest BCUT2D eigenvalue weighted by molar-refractivity contribution is 6.12. The average Bonchev–Trinajstić information content (AvgIpc) is 3.42. The van der Waals surface area contributed by atoms with Gasteiger partial charge in [0.25, 0.3) is 0 Å². The Morgan fingerprint density at radius 3 is 2.03 bits per heavy atom. The second-order valence-corrected chi connectivity index (χ2v) is 6.99. The third-order valence-electron chi connectivity index (χ3n) is 4.55. The smallest absolute Gasteiger partial charge is 0.207 e. The molecule has 0 aliphatic rings. The Morgan fingerprint density at radius 2 is 1.50 bits per heavy atom. The Kier molecular flexibility index (Phi) is 5.56. The Morgan fingerprint density at radius 1 is 0.867 bits per heavy atom. The number of nitrogens with zero attached hydrogens (tertiary/aromatic N) is 6. The standard InChI is InChI=1S/C22H20N6O2/c1-16-4-7-23-22(26-16)21(30)13-20(29)19-11-17(14-27-8-2-5-24-27)10-18(12-19)15-28-9-3-6-25-28/h2-12H,13-15H2,1H3. The zero-order valence-corrected chi connectivity index (χ0v) is 16.5. The molecule has 1 aromatic carbocycles. The Labute approximate surface area is 173 Å². The molecule has 4 rings (SSSR count). The molecule has 4 aromatic rings. The van der Waals surface area contributed by atoms with Crippen LogP contribution in [0.2, 0.25) is 0 Å². The molecule has 0 saturated carbocycles. The highest BCUT2D eigenvalue weighted by Crippen LogP contribution is 2.16. The van der Waals surface area contributed by atoms with Crippen LogP contribution in [0.5, 0.6) is 0 Å². The van der Waals surface area contributed by atoms with Crippen molar-refractivity contribution in [2.24, 2.45) is 0 Å². The van der Waals surface area contributed by atoms with Gasteiger partial charge in [-0.05, 0) is 48.4 Å². The van der Waals surface area contributed by atoms with Gasteiger partial charge in [-0.3, -0.25) is 19.0 Å². The van der Waals surface area contributed by atoms with Gasteiger partial charge in [0.05, 0.1) is 19.5 Å². The van der Waals surface area contributed by atoms with Gasteiger partial charge in [0.2, 0.25) is 5.78 Å². The van der Waals surface area contributed by atoms with Crippen LogP contribution in [-0.4, -0.2) is 41.1 Å². The van der Waals surface area contributed by atoms with E-state index in [2.05, 4.69) is 20.2 Å². The molecule has 0 N–H and O–H groups in total. The molecule has 0 bridgehead atoms. The summed E-state index contributed by atoms with van der Waals surface area (Å²) in [6.07, 6.45) is 8.38. The van der Waals surface area contributed by atoms with Crippen LogP contribution in [0.4, 0.5) is 0 Å². The molecule has 3 heterocycles. The van der Waals surface area contributed by atoms with Gasteiger partial charge in [0, 0.05) is 42.2 Å². The van der Waals surface area contributed by atoms with E-state index < -0.39 is 5.78 Å². The minimum Gasteiger partial charge on any atom is -0.294 e. The predicted molar refractivity (Wildman–Crippen MR) is 109 cm³/mol. The summed E-state index contributed by atoms with van der Waals surface area (Å²) in [5, 5.41) is 8.46. The van der Waals surface area contributed by atoms with Gasteiger partial charge in [-0.1, -0.05) is 6.07 Å². The van der Waals surface area contributed by atoms with Gasteiger partial charge >= 0.3 is 0 Å². The van der Waals surface area contributed by atoms with E-state index in [1.165, 1.54) is 6.20 Å². The largest absolute Gasteiger partial charge is 0.294 e. The fraction of sp³-hybridized carbons (Fsp3) is 0.182. The minimum atomic E-state index is -0.394. The number of aromatic nitrogens is 6. The van der Waals surface area contributed by atoms with E-state index in [0.717, 1.165) is 11.1 Å². The van der Waals surface area contributed by atoms with Crippen LogP contribution in [0.3, 0.4) is 0 Å². The molecular formula is C22H20N6O2. The Bertz CT molecular complexity index is 1110. The SMILES string of the molecule is Cc1ccnc(C(=O)CC(=O)c2cc(Cn3cccn3)cc(Cn3cccn3)c2)n1. The molecule has 150 valence electrons. The number of hydrogen-bond donors (Lipinski definition) is 0. The number of aryl methyl sites for hydroxylation is 1. The number of hydrogen-bond acceptors (Lipinski definition) is 6. The van der Waals surface area contributed by atoms with Gasteiger partial charge in [-0.25, -0.2) is 9.97 Å². The lowest BCUT2D eigenvalue weighted by Crippen LogP contribution is -2.13. The molecular weight excluding hydrogens is 380 g/mol. The first-order valence-electron chi connectivity index (χ1n) is 9.50. The highest BCUT2D eigenvalue weighted by Gasteiger charge is 2.17. The van der Waals surface area contributed by atoms with Gasteiger partial charge in [0.1, 0.15) is 0 Å². The van der Waals surface area contributed by atoms with Crippen LogP contribution in [0.25, 0.3) is 0 Å². The number of carbonyl (C=O) groups excluding carboxylic acids is 2. The fourth-order valence-electron chi connectivity index (χ4n) is 3.18. The fourth-order valence-corrected chi connectivity index (χ4v) is 3.18. The van der Waals surface area contributed by atoms with Crippen molar-refractivity contribution >= 4 is 11.6 Å². The van der Waals surface area contributed by atoms with Crippen LogP contribution in [0, 0.1) is 6.92 Å². The highest BCUT2D eigenvalue weighted by atomic mass is 16.1. The van der Waals surface area contributed by atoms with Crippen LogP contribution >= 0.6 is 0 Å². The van der Waals surface area contributed by atoms with Crippen LogP contribution < -0.4 is 0 Å². The van der Waals surface area contributed by atoms with Gasteiger partial charge in [-0.2, -0.15) is 10.2 Å². The molecule has 0 atom stereocenters. The van der Waals surface area contributed by atoms with E-state index in [1.807, 2.05) is 30.6 Å². The van der Waals surface area contributed by atoms with Crippen molar-refractivity contribution in [1.82, 2.24) is 29.5 Å². The topological polar surface area (TPSA) is 95.6 Å². The van der Waals surface area contributed by atoms with Crippen molar-refractivity contribution in [2.45, 2.75) is 26.4 Å². The van der Waals surface area contributed by atoms with Gasteiger partial charge in [-0.15, -0.1) is 0 Å². The van der Waals surface area contributed by atoms with Crippen LogP contribution in [0.1, 0.15) is 44.2 Å². The monoisotopic (exact) mass is 400 g/mol. The zero-order valence-electron chi connectivity index (χ0n) is 16.5. The van der Waals surface area contributed by atoms with Gasteiger partial charge in [0.15, 0.2) is 11.6 Å². The van der Waals surface area contributed by atoms with Crippen molar-refractivity contribution in [2.75, 3.05) is 0 Å². The molecule has 0 radical (unpaired) electrons. The zero-order chi connectivity index (χ0) is 20.9. The van der Waals surface area contributed by atoms with E-state index in [-0.39, 0.29) is 18.0 Å². The summed E-state index contributed by atoms with van der Waals surface area (Å²) in [6.45, 7) is 2.82. The lowest BCUT2D eigenvalue weighted by Gasteiger charge is -2.10. The summed E-state index contributed by atoms with van der Waals surface area (Å²) in [5.74, 6) is -0.600. The van der Waals surface area contributed by atoms with Crippen LogP contribution in [0.15, 0.2) is 67.4 Å². The quantitative estimate of drug-likeness (QED) is 0.333. The molecule has 0 aliphatic carbocycles. The summed E-state index contributed by atoms with van der Waals surface area (Å²) in [7, 11) is 0. The third-order valence-corrected chi connectivity index (χ3v) is 4.55. The maximum absolute atomic E-state index is 12.9. The van der Waals surface area contributed by atoms with Crippen molar-refractivity contribution in [3.05, 3.63) is 95.6 Å². The molecule has 0 aliphatic heterocycles. The van der Waals surface area contributed by atoms with E-state index in [1.54, 1.807) is 46.9 Å². The van der Waals surface area contributed by atoms with Crippen LogP contribution in [-0.2, 0) is 13.1 Å². The number of rotatable bonds is 8. The second kappa shape index (κ2) is 8.60. The lowest BCUT2D eigenvalue weighted by molar-refractivity contribution is 0.0888. The summed E-state index contributed by atoms with van der Waals surface area (Å²) < 4.78 is 3.57. The Balaban J connectivity index is 1.59. The van der Waals surface area contributed by atoms with Crippen molar-refractivity contribution in [3.8, 4) is 0 Å². The van der Waals surface area contributed by atoms with Crippen molar-refractivity contribution in [3.63, 3.8) is 0 Å². The van der Waals surface area contributed by atoms with E-state index >= 15 is 0 Å². The maximum Gasteiger partial charge on any atom is 0.207 e. The van der Waals surface area contributed by atoms with E-state index in [4.69, 9.17) is 0 Å². The number of carbonyl (C=O) groups is 2. The molecule has 0 fully saturated rings. The first kappa shape index (κ1) is 19.4. The number of Topliss-reactive ketones (excluding diaryl/α,β-unsaturated/α-hetero) is 2. The average molecular weight is 400 g/mol.